The number of hydrogen-bond acceptors (Lipinski definition) is 2. The van der Waals surface area contributed by atoms with Gasteiger partial charge in [0.05, 0.1) is 13.2 Å². The number of morpholine rings is 1. The summed E-state index contributed by atoms with van der Waals surface area (Å²) in [5.41, 5.74) is 1.35. The molecule has 1 heterocycles. The average molecular weight is 379 g/mol. The average Bonchev–Trinajstić information content (AvgIpc) is 2.74. The van der Waals surface area contributed by atoms with Gasteiger partial charge in [-0.05, 0) is 37.2 Å². The van der Waals surface area contributed by atoms with Crippen LogP contribution in [0, 0.1) is 51.7 Å². The van der Waals surface area contributed by atoms with Gasteiger partial charge in [-0.25, -0.2) is 0 Å². The predicted octanol–water partition coefficient (Wildman–Crippen LogP) is 2.35. The molecule has 1 aromatic rings. The van der Waals surface area contributed by atoms with Crippen LogP contribution in [0.3, 0.4) is 0 Å². The topological polar surface area (TPSA) is 72.2 Å². The maximum Gasteiger partial charge on any atom is 0.0594 e. The van der Waals surface area contributed by atoms with Gasteiger partial charge in [0.15, 0.2) is 0 Å². The number of nitrogens with zero attached hydrogens (tertiary/aromatic N) is 1. The molecule has 1 unspecified atom stereocenters. The summed E-state index contributed by atoms with van der Waals surface area (Å²) in [6.45, 7) is 17.2. The first-order valence-corrected chi connectivity index (χ1v) is 7.16. The molecule has 1 aliphatic heterocycles. The van der Waals surface area contributed by atoms with Gasteiger partial charge in [-0.2, -0.15) is 0 Å². The Bertz CT molecular complexity index is 469. The largest absolute Gasteiger partial charge is 0.379 e. The molecule has 1 aromatic carbocycles. The van der Waals surface area contributed by atoms with Crippen molar-refractivity contribution in [3.05, 3.63) is 87.6 Å². The van der Waals surface area contributed by atoms with Gasteiger partial charge in [0.1, 0.15) is 0 Å². The SMILES string of the molecule is [C-]#[O+].[C-]#[O+].[C-]#[O+].[CH]1[CH][C](N2CCOCC2)[CH]C(c2ccccc2)[CH]1.[Mn]. The Morgan fingerprint density at radius 3 is 2.04 bits per heavy atom. The molecule has 0 aromatic heterocycles. The quantitative estimate of drug-likeness (QED) is 0.450. The summed E-state index contributed by atoms with van der Waals surface area (Å²) >= 11 is 0. The zero-order valence-electron chi connectivity index (χ0n) is 13.6. The Balaban J connectivity index is 0. The van der Waals surface area contributed by atoms with Crippen molar-refractivity contribution in [3.8, 4) is 0 Å². The summed E-state index contributed by atoms with van der Waals surface area (Å²) in [6, 6.07) is 12.0. The van der Waals surface area contributed by atoms with Gasteiger partial charge >= 0.3 is 33.9 Å². The Hall–Kier alpha value is -1.12. The molecule has 0 amide bonds. The fourth-order valence-corrected chi connectivity index (χ4v) is 2.48. The van der Waals surface area contributed by atoms with E-state index in [-0.39, 0.29) is 17.1 Å². The molecule has 25 heavy (non-hydrogen) atoms. The predicted molar refractivity (Wildman–Crippen MR) is 83.8 cm³/mol. The fraction of sp³-hybridized carbons (Fsp3) is 0.263. The van der Waals surface area contributed by atoms with Gasteiger partial charge in [0.25, 0.3) is 0 Å². The summed E-state index contributed by atoms with van der Waals surface area (Å²) in [6.07, 6.45) is 8.97. The van der Waals surface area contributed by atoms with Gasteiger partial charge in [0.2, 0.25) is 0 Å². The Morgan fingerprint density at radius 2 is 1.48 bits per heavy atom. The standard InChI is InChI=1S/C16H18NO.3CO.Mn/c1-2-5-14(6-3-1)15-7-4-8-16(13-15)17-9-11-18-12-10-17;3*1-2;/h1-8,13,15H,9-12H2;;;;. The minimum atomic E-state index is 0. The van der Waals surface area contributed by atoms with Crippen LogP contribution in [0.4, 0.5) is 0 Å². The first-order chi connectivity index (χ1) is 11.9. The monoisotopic (exact) mass is 379 g/mol. The Morgan fingerprint density at radius 1 is 0.920 bits per heavy atom. The molecule has 2 aliphatic rings. The van der Waals surface area contributed by atoms with Crippen LogP contribution in [-0.2, 0) is 35.8 Å². The van der Waals surface area contributed by atoms with Crippen molar-refractivity contribution >= 4 is 0 Å². The molecule has 1 saturated heterocycles. The van der Waals surface area contributed by atoms with Crippen molar-refractivity contribution < 1.29 is 35.8 Å². The number of hydrogen-bond donors (Lipinski definition) is 0. The van der Waals surface area contributed by atoms with Crippen LogP contribution in [0.2, 0.25) is 0 Å². The first kappa shape index (κ1) is 26.1. The van der Waals surface area contributed by atoms with Crippen LogP contribution in [0.25, 0.3) is 0 Å². The maximum atomic E-state index is 7.50. The molecule has 3 rings (SSSR count). The van der Waals surface area contributed by atoms with E-state index in [1.54, 1.807) is 0 Å². The van der Waals surface area contributed by atoms with Crippen molar-refractivity contribution in [2.24, 2.45) is 0 Å². The van der Waals surface area contributed by atoms with E-state index in [1.165, 1.54) is 11.6 Å². The van der Waals surface area contributed by atoms with E-state index in [1.807, 2.05) is 0 Å². The third-order valence-corrected chi connectivity index (χ3v) is 3.50. The van der Waals surface area contributed by atoms with E-state index in [4.69, 9.17) is 18.7 Å². The summed E-state index contributed by atoms with van der Waals surface area (Å²) < 4.78 is 27.9. The number of ether oxygens (including phenoxy) is 1. The van der Waals surface area contributed by atoms with Crippen LogP contribution in [-0.4, -0.2) is 31.2 Å². The van der Waals surface area contributed by atoms with E-state index < -0.39 is 0 Å². The van der Waals surface area contributed by atoms with E-state index in [0.29, 0.717) is 5.92 Å². The summed E-state index contributed by atoms with van der Waals surface area (Å²) in [4.78, 5) is 2.41. The van der Waals surface area contributed by atoms with E-state index in [0.717, 1.165) is 26.3 Å². The van der Waals surface area contributed by atoms with Crippen LogP contribution >= 0.6 is 0 Å². The minimum Gasteiger partial charge on any atom is -0.379 e. The third-order valence-electron chi connectivity index (χ3n) is 3.50. The normalized spacial score (nSPS) is 19.8. The van der Waals surface area contributed by atoms with Crippen LogP contribution in [0.15, 0.2) is 30.3 Å². The van der Waals surface area contributed by atoms with Gasteiger partial charge in [-0.1, -0.05) is 30.3 Å². The van der Waals surface area contributed by atoms with Crippen LogP contribution in [0.1, 0.15) is 11.5 Å². The smallest absolute Gasteiger partial charge is 0.0594 e. The molecule has 6 radical (unpaired) electrons. The van der Waals surface area contributed by atoms with Crippen molar-refractivity contribution in [3.63, 3.8) is 0 Å². The fourth-order valence-electron chi connectivity index (χ4n) is 2.48. The maximum absolute atomic E-state index is 7.50. The van der Waals surface area contributed by atoms with Gasteiger partial charge in [0, 0.05) is 36.2 Å². The van der Waals surface area contributed by atoms with E-state index in [9.17, 15) is 0 Å². The molecule has 0 N–H and O–H groups in total. The van der Waals surface area contributed by atoms with E-state index in [2.05, 4.69) is 80.9 Å². The molecule has 1 atom stereocenters. The second kappa shape index (κ2) is 17.7. The first-order valence-electron chi connectivity index (χ1n) is 7.16. The summed E-state index contributed by atoms with van der Waals surface area (Å²) in [5, 5.41) is 0. The van der Waals surface area contributed by atoms with Crippen LogP contribution < -0.4 is 0 Å². The summed E-state index contributed by atoms with van der Waals surface area (Å²) in [7, 11) is 0. The molecule has 130 valence electrons. The molecule has 6 heteroatoms. The summed E-state index contributed by atoms with van der Waals surface area (Å²) in [5.74, 6) is 0.397. The molecule has 1 saturated carbocycles. The zero-order chi connectivity index (χ0) is 18.2. The van der Waals surface area contributed by atoms with Crippen LogP contribution in [0.5, 0.6) is 0 Å². The second-order valence-electron chi connectivity index (χ2n) is 4.68. The molecule has 5 nitrogen and oxygen atoms in total. The molecular weight excluding hydrogens is 361 g/mol. The molecule has 0 spiro atoms. The van der Waals surface area contributed by atoms with Gasteiger partial charge < -0.3 is 4.74 Å². The van der Waals surface area contributed by atoms with Crippen molar-refractivity contribution in [1.82, 2.24) is 4.90 Å². The molecule has 0 bridgehead atoms. The van der Waals surface area contributed by atoms with E-state index >= 15 is 0 Å². The molecular formula is C19H18MnNO4. The third kappa shape index (κ3) is 9.23. The molecule has 1 aliphatic carbocycles. The number of rotatable bonds is 2. The van der Waals surface area contributed by atoms with Gasteiger partial charge in [-0.3, -0.25) is 4.90 Å². The molecule has 2 fully saturated rings. The number of benzene rings is 1. The van der Waals surface area contributed by atoms with Gasteiger partial charge in [-0.15, -0.1) is 0 Å². The zero-order valence-corrected chi connectivity index (χ0v) is 14.7. The van der Waals surface area contributed by atoms with Crippen molar-refractivity contribution in [2.45, 2.75) is 5.92 Å². The van der Waals surface area contributed by atoms with Crippen molar-refractivity contribution in [1.29, 1.82) is 0 Å². The Labute approximate surface area is 160 Å². The Kier molecular flexibility index (Phi) is 18.5. The second-order valence-corrected chi connectivity index (χ2v) is 4.68. The van der Waals surface area contributed by atoms with Crippen molar-refractivity contribution in [2.75, 3.05) is 26.3 Å². The minimum absolute atomic E-state index is 0.